The van der Waals surface area contributed by atoms with Gasteiger partial charge < -0.3 is 9.72 Å². The van der Waals surface area contributed by atoms with Gasteiger partial charge in [-0.25, -0.2) is 13.4 Å². The summed E-state index contributed by atoms with van der Waals surface area (Å²) in [4.78, 5) is 4.45. The van der Waals surface area contributed by atoms with Gasteiger partial charge >= 0.3 is 0 Å². The van der Waals surface area contributed by atoms with Crippen molar-refractivity contribution in [2.45, 2.75) is 24.6 Å². The molecule has 0 saturated carbocycles. The summed E-state index contributed by atoms with van der Waals surface area (Å²) in [6, 6.07) is 3.65. The minimum atomic E-state index is -2.88. The molecule has 1 saturated heterocycles. The van der Waals surface area contributed by atoms with Gasteiger partial charge in [0.1, 0.15) is 5.65 Å². The summed E-state index contributed by atoms with van der Waals surface area (Å²) in [6.45, 7) is 1.06. The number of nitrogens with zero attached hydrogens (tertiary/aromatic N) is 2. The Morgan fingerprint density at radius 1 is 1.40 bits per heavy atom. The highest BCUT2D eigenvalue weighted by atomic mass is 35.5. The third kappa shape index (κ3) is 2.82. The van der Waals surface area contributed by atoms with Gasteiger partial charge in [0.05, 0.1) is 21.7 Å². The molecular formula is C13H16ClN3O2S. The number of nitrogens with one attached hydrogen (secondary N) is 1. The van der Waals surface area contributed by atoms with Crippen molar-refractivity contribution < 1.29 is 8.42 Å². The predicted molar refractivity (Wildman–Crippen MR) is 78.7 cm³/mol. The second-order valence-corrected chi connectivity index (χ2v) is 7.94. The molecule has 2 aromatic rings. The Balaban J connectivity index is 1.63. The second-order valence-electron chi connectivity index (χ2n) is 5.11. The number of pyridine rings is 1. The molecule has 108 valence electrons. The lowest BCUT2D eigenvalue weighted by atomic mass is 10.2. The highest BCUT2D eigenvalue weighted by molar-refractivity contribution is 7.92. The van der Waals surface area contributed by atoms with Crippen molar-refractivity contribution in [3.63, 3.8) is 0 Å². The van der Waals surface area contributed by atoms with Gasteiger partial charge in [-0.15, -0.1) is 0 Å². The molecule has 0 spiro atoms. The highest BCUT2D eigenvalue weighted by Crippen LogP contribution is 2.19. The zero-order chi connectivity index (χ0) is 14.2. The predicted octanol–water partition coefficient (Wildman–Crippen LogP) is 1.65. The van der Waals surface area contributed by atoms with Crippen LogP contribution in [-0.2, 0) is 16.4 Å². The van der Waals surface area contributed by atoms with Crippen LogP contribution >= 0.6 is 11.6 Å². The van der Waals surface area contributed by atoms with Gasteiger partial charge in [0.25, 0.3) is 0 Å². The summed E-state index contributed by atoms with van der Waals surface area (Å²) in [6.07, 6.45) is 5.24. The molecule has 1 N–H and O–H groups in total. The topological polar surface area (TPSA) is 63.5 Å². The molecule has 2 aromatic heterocycles. The van der Waals surface area contributed by atoms with E-state index in [0.29, 0.717) is 23.9 Å². The molecular weight excluding hydrogens is 298 g/mol. The first-order valence-electron chi connectivity index (χ1n) is 6.60. The van der Waals surface area contributed by atoms with Crippen molar-refractivity contribution in [2.75, 3.05) is 12.3 Å². The molecule has 1 aliphatic heterocycles. The molecule has 3 rings (SSSR count). The van der Waals surface area contributed by atoms with Crippen LogP contribution in [0.15, 0.2) is 24.5 Å². The number of halogens is 1. The maximum atomic E-state index is 11.7. The van der Waals surface area contributed by atoms with Crippen LogP contribution in [0.2, 0.25) is 5.02 Å². The Labute approximate surface area is 122 Å². The first-order valence-corrected chi connectivity index (χ1v) is 8.69. The maximum Gasteiger partial charge on any atom is 0.154 e. The largest absolute Gasteiger partial charge is 0.310 e. The number of sulfone groups is 1. The fourth-order valence-corrected chi connectivity index (χ4v) is 4.52. The SMILES string of the molecule is O=S1(=O)CCCC1CNCc1cn2cc(Cl)ccc2n1. The Kier molecular flexibility index (Phi) is 3.70. The maximum absolute atomic E-state index is 11.7. The number of hydrogen-bond acceptors (Lipinski definition) is 4. The van der Waals surface area contributed by atoms with E-state index in [1.807, 2.05) is 16.7 Å². The van der Waals surface area contributed by atoms with E-state index in [0.717, 1.165) is 24.2 Å². The lowest BCUT2D eigenvalue weighted by Crippen LogP contribution is -2.30. The van der Waals surface area contributed by atoms with Crippen LogP contribution in [0.1, 0.15) is 18.5 Å². The van der Waals surface area contributed by atoms with Crippen LogP contribution in [-0.4, -0.2) is 35.4 Å². The highest BCUT2D eigenvalue weighted by Gasteiger charge is 2.30. The van der Waals surface area contributed by atoms with Crippen molar-refractivity contribution in [2.24, 2.45) is 0 Å². The van der Waals surface area contributed by atoms with Gasteiger partial charge in [-0.1, -0.05) is 11.6 Å². The normalized spacial score (nSPS) is 21.6. The van der Waals surface area contributed by atoms with Gasteiger partial charge in [-0.05, 0) is 25.0 Å². The van der Waals surface area contributed by atoms with E-state index < -0.39 is 9.84 Å². The smallest absolute Gasteiger partial charge is 0.154 e. The third-order valence-electron chi connectivity index (χ3n) is 3.61. The molecule has 0 aliphatic carbocycles. The van der Waals surface area contributed by atoms with E-state index in [2.05, 4.69) is 10.3 Å². The average molecular weight is 314 g/mol. The van der Waals surface area contributed by atoms with E-state index in [-0.39, 0.29) is 5.25 Å². The molecule has 1 fully saturated rings. The Hall–Kier alpha value is -1.11. The van der Waals surface area contributed by atoms with Crippen LogP contribution < -0.4 is 5.32 Å². The van der Waals surface area contributed by atoms with Crippen molar-refractivity contribution >= 4 is 27.1 Å². The fraction of sp³-hybridized carbons (Fsp3) is 0.462. The summed E-state index contributed by atoms with van der Waals surface area (Å²) in [5.74, 6) is 0.326. The van der Waals surface area contributed by atoms with E-state index in [9.17, 15) is 8.42 Å². The lowest BCUT2D eigenvalue weighted by molar-refractivity contribution is 0.572. The molecule has 1 aliphatic rings. The van der Waals surface area contributed by atoms with Crippen LogP contribution in [0, 0.1) is 0 Å². The summed E-state index contributed by atoms with van der Waals surface area (Å²) >= 11 is 5.92. The molecule has 20 heavy (non-hydrogen) atoms. The molecule has 3 heterocycles. The molecule has 1 atom stereocenters. The molecule has 1 unspecified atom stereocenters. The Morgan fingerprint density at radius 3 is 3.00 bits per heavy atom. The van der Waals surface area contributed by atoms with E-state index >= 15 is 0 Å². The van der Waals surface area contributed by atoms with Crippen LogP contribution in [0.4, 0.5) is 0 Å². The number of fused-ring (bicyclic) bond motifs is 1. The summed E-state index contributed by atoms with van der Waals surface area (Å²) in [7, 11) is -2.88. The van der Waals surface area contributed by atoms with Crippen molar-refractivity contribution in [1.82, 2.24) is 14.7 Å². The monoisotopic (exact) mass is 313 g/mol. The van der Waals surface area contributed by atoms with Crippen molar-refractivity contribution in [3.8, 4) is 0 Å². The van der Waals surface area contributed by atoms with Gasteiger partial charge in [-0.2, -0.15) is 0 Å². The molecule has 0 radical (unpaired) electrons. The standard InChI is InChI=1S/C13H16ClN3O2S/c14-10-3-4-13-16-11(9-17(13)8-10)6-15-7-12-2-1-5-20(12,18)19/h3-4,8-9,12,15H,1-2,5-7H2. The van der Waals surface area contributed by atoms with Crippen molar-refractivity contribution in [1.29, 1.82) is 0 Å². The van der Waals surface area contributed by atoms with E-state index in [4.69, 9.17) is 11.6 Å². The summed E-state index contributed by atoms with van der Waals surface area (Å²) in [5.41, 5.74) is 1.71. The molecule has 0 aromatic carbocycles. The number of rotatable bonds is 4. The van der Waals surface area contributed by atoms with Crippen molar-refractivity contribution in [3.05, 3.63) is 35.2 Å². The molecule has 7 heteroatoms. The van der Waals surface area contributed by atoms with Crippen LogP contribution in [0.5, 0.6) is 0 Å². The number of aromatic nitrogens is 2. The minimum absolute atomic E-state index is 0.242. The summed E-state index contributed by atoms with van der Waals surface area (Å²) < 4.78 is 25.3. The average Bonchev–Trinajstić information content (AvgIpc) is 2.92. The Morgan fingerprint density at radius 2 is 2.25 bits per heavy atom. The van der Waals surface area contributed by atoms with Gasteiger partial charge in [0.15, 0.2) is 9.84 Å². The number of hydrogen-bond donors (Lipinski definition) is 1. The van der Waals surface area contributed by atoms with Gasteiger partial charge in [0, 0.05) is 25.5 Å². The van der Waals surface area contributed by atoms with Gasteiger partial charge in [-0.3, -0.25) is 0 Å². The first-order chi connectivity index (χ1) is 9.54. The molecule has 0 bridgehead atoms. The third-order valence-corrected chi connectivity index (χ3v) is 6.11. The summed E-state index contributed by atoms with van der Waals surface area (Å²) in [5, 5.41) is 3.60. The molecule has 0 amide bonds. The number of imidazole rings is 1. The second kappa shape index (κ2) is 5.35. The lowest BCUT2D eigenvalue weighted by Gasteiger charge is -2.09. The van der Waals surface area contributed by atoms with E-state index in [1.165, 1.54) is 0 Å². The quantitative estimate of drug-likeness (QED) is 0.932. The zero-order valence-corrected chi connectivity index (χ0v) is 12.5. The molecule has 5 nitrogen and oxygen atoms in total. The fourth-order valence-electron chi connectivity index (χ4n) is 2.55. The van der Waals surface area contributed by atoms with Gasteiger partial charge in [0.2, 0.25) is 0 Å². The minimum Gasteiger partial charge on any atom is -0.310 e. The first kappa shape index (κ1) is 13.9. The van der Waals surface area contributed by atoms with Crippen LogP contribution in [0.25, 0.3) is 5.65 Å². The zero-order valence-electron chi connectivity index (χ0n) is 10.9. The van der Waals surface area contributed by atoms with E-state index in [1.54, 1.807) is 12.3 Å². The van der Waals surface area contributed by atoms with Crippen LogP contribution in [0.3, 0.4) is 0 Å². The Bertz CT molecular complexity index is 726.